The molecule has 1 aromatic rings. The number of Topliss-reactive ketones (excluding diaryl/α,β-unsaturated/α-hetero) is 1. The van der Waals surface area contributed by atoms with Crippen molar-refractivity contribution in [3.63, 3.8) is 0 Å². The number of carbonyl (C=O) groups is 2. The Kier molecular flexibility index (Phi) is 3.83. The van der Waals surface area contributed by atoms with Crippen molar-refractivity contribution in [2.45, 2.75) is 19.3 Å². The zero-order valence-corrected chi connectivity index (χ0v) is 10.6. The first-order chi connectivity index (χ1) is 9.02. The Bertz CT molecular complexity index is 512. The Labute approximate surface area is 110 Å². The van der Waals surface area contributed by atoms with E-state index in [4.69, 9.17) is 9.84 Å². The van der Waals surface area contributed by atoms with Crippen molar-refractivity contribution in [3.8, 4) is 5.75 Å². The number of carbonyl (C=O) groups excluding carboxylic acids is 1. The minimum Gasteiger partial charge on any atom is -0.494 e. The topological polar surface area (TPSA) is 63.6 Å². The molecule has 0 amide bonds. The van der Waals surface area contributed by atoms with Crippen LogP contribution in [0.4, 0.5) is 4.39 Å². The van der Waals surface area contributed by atoms with E-state index in [1.165, 1.54) is 19.2 Å². The maximum atomic E-state index is 13.5. The highest BCUT2D eigenvalue weighted by molar-refractivity contribution is 5.98. The largest absolute Gasteiger partial charge is 0.494 e. The molecule has 0 spiro atoms. The number of methoxy groups -OCH3 is 1. The number of rotatable bonds is 4. The summed E-state index contributed by atoms with van der Waals surface area (Å²) in [6.07, 6.45) is 1.38. The van der Waals surface area contributed by atoms with Crippen LogP contribution >= 0.6 is 0 Å². The third-order valence-corrected chi connectivity index (χ3v) is 3.59. The molecular weight excluding hydrogens is 251 g/mol. The van der Waals surface area contributed by atoms with Gasteiger partial charge in [-0.1, -0.05) is 0 Å². The Hall–Kier alpha value is -1.91. The molecule has 0 saturated heterocycles. The highest BCUT2D eigenvalue weighted by atomic mass is 19.1. The van der Waals surface area contributed by atoms with Gasteiger partial charge in [0, 0.05) is 11.5 Å². The van der Waals surface area contributed by atoms with Crippen LogP contribution in [0.3, 0.4) is 0 Å². The number of hydrogen-bond donors (Lipinski definition) is 1. The number of benzene rings is 1. The van der Waals surface area contributed by atoms with Crippen LogP contribution in [0.1, 0.15) is 29.6 Å². The summed E-state index contributed by atoms with van der Waals surface area (Å²) in [6.45, 7) is 0. The monoisotopic (exact) mass is 266 g/mol. The van der Waals surface area contributed by atoms with E-state index < -0.39 is 17.7 Å². The summed E-state index contributed by atoms with van der Waals surface area (Å²) in [7, 11) is 1.36. The lowest BCUT2D eigenvalue weighted by atomic mass is 9.95. The minimum atomic E-state index is -0.865. The van der Waals surface area contributed by atoms with E-state index in [2.05, 4.69) is 0 Å². The molecule has 1 N–H and O–H groups in total. The van der Waals surface area contributed by atoms with E-state index in [1.54, 1.807) is 0 Å². The van der Waals surface area contributed by atoms with Gasteiger partial charge in [0.2, 0.25) is 0 Å². The maximum Gasteiger partial charge on any atom is 0.306 e. The third-order valence-electron chi connectivity index (χ3n) is 3.59. The number of aliphatic carboxylic acids is 1. The minimum absolute atomic E-state index is 0.0892. The number of hydrogen-bond acceptors (Lipinski definition) is 3. The molecule has 1 aliphatic carbocycles. The summed E-state index contributed by atoms with van der Waals surface area (Å²) in [6, 6.07) is 4.07. The molecule has 0 aromatic heterocycles. The zero-order valence-electron chi connectivity index (χ0n) is 10.6. The highest BCUT2D eigenvalue weighted by Gasteiger charge is 2.34. The highest BCUT2D eigenvalue weighted by Crippen LogP contribution is 2.33. The summed E-state index contributed by atoms with van der Waals surface area (Å²) < 4.78 is 18.3. The van der Waals surface area contributed by atoms with E-state index in [-0.39, 0.29) is 23.0 Å². The zero-order chi connectivity index (χ0) is 14.0. The molecule has 0 heterocycles. The van der Waals surface area contributed by atoms with Gasteiger partial charge in [-0.2, -0.15) is 0 Å². The average molecular weight is 266 g/mol. The van der Waals surface area contributed by atoms with Crippen molar-refractivity contribution in [2.24, 2.45) is 11.8 Å². The Balaban J connectivity index is 2.12. The second-order valence-electron chi connectivity index (χ2n) is 4.76. The first kappa shape index (κ1) is 13.5. The Morgan fingerprint density at radius 2 is 2.00 bits per heavy atom. The van der Waals surface area contributed by atoms with Crippen molar-refractivity contribution in [1.29, 1.82) is 0 Å². The van der Waals surface area contributed by atoms with Gasteiger partial charge in [-0.3, -0.25) is 9.59 Å². The molecule has 0 radical (unpaired) electrons. The van der Waals surface area contributed by atoms with Crippen molar-refractivity contribution in [2.75, 3.05) is 7.11 Å². The van der Waals surface area contributed by atoms with Gasteiger partial charge in [-0.15, -0.1) is 0 Å². The number of carboxylic acids is 1. The molecule has 2 rings (SSSR count). The lowest BCUT2D eigenvalue weighted by molar-refractivity contribution is -0.141. The number of ketones is 1. The van der Waals surface area contributed by atoms with Crippen molar-refractivity contribution in [3.05, 3.63) is 29.6 Å². The lowest BCUT2D eigenvalue weighted by Crippen LogP contribution is -2.15. The van der Waals surface area contributed by atoms with Gasteiger partial charge >= 0.3 is 5.97 Å². The van der Waals surface area contributed by atoms with E-state index in [0.717, 1.165) is 6.07 Å². The third kappa shape index (κ3) is 2.75. The van der Waals surface area contributed by atoms with Gasteiger partial charge in [0.25, 0.3) is 0 Å². The first-order valence-electron chi connectivity index (χ1n) is 6.13. The van der Waals surface area contributed by atoms with Crippen LogP contribution in [0.2, 0.25) is 0 Å². The van der Waals surface area contributed by atoms with Crippen LogP contribution < -0.4 is 4.74 Å². The van der Waals surface area contributed by atoms with Gasteiger partial charge in [0.05, 0.1) is 13.0 Å². The maximum absolute atomic E-state index is 13.5. The van der Waals surface area contributed by atoms with E-state index >= 15 is 0 Å². The molecule has 2 atom stereocenters. The predicted octanol–water partition coefficient (Wildman–Crippen LogP) is 2.52. The summed E-state index contributed by atoms with van der Waals surface area (Å²) >= 11 is 0. The van der Waals surface area contributed by atoms with Crippen LogP contribution in [0, 0.1) is 17.7 Å². The fourth-order valence-electron chi connectivity index (χ4n) is 2.50. The fourth-order valence-corrected chi connectivity index (χ4v) is 2.50. The summed E-state index contributed by atoms with van der Waals surface area (Å²) in [5, 5.41) is 8.91. The Morgan fingerprint density at radius 3 is 2.53 bits per heavy atom. The molecule has 5 heteroatoms. The van der Waals surface area contributed by atoms with Crippen LogP contribution in [0.25, 0.3) is 0 Å². The second kappa shape index (κ2) is 5.38. The fraction of sp³-hybridized carbons (Fsp3) is 0.429. The molecule has 4 nitrogen and oxygen atoms in total. The van der Waals surface area contributed by atoms with Crippen LogP contribution in [0.5, 0.6) is 5.75 Å². The molecule has 19 heavy (non-hydrogen) atoms. The number of halogens is 1. The van der Waals surface area contributed by atoms with Crippen LogP contribution in [0.15, 0.2) is 18.2 Å². The summed E-state index contributed by atoms with van der Waals surface area (Å²) in [5.74, 6) is -2.33. The van der Waals surface area contributed by atoms with Crippen LogP contribution in [-0.4, -0.2) is 24.0 Å². The van der Waals surface area contributed by atoms with Crippen molar-refractivity contribution >= 4 is 11.8 Å². The molecule has 0 bridgehead atoms. The second-order valence-corrected chi connectivity index (χ2v) is 4.76. The number of ether oxygens (including phenoxy) is 1. The Morgan fingerprint density at radius 1 is 1.32 bits per heavy atom. The molecule has 0 aliphatic heterocycles. The van der Waals surface area contributed by atoms with Gasteiger partial charge in [0.15, 0.2) is 17.3 Å². The summed E-state index contributed by atoms with van der Waals surface area (Å²) in [5.41, 5.74) is 0.273. The van der Waals surface area contributed by atoms with Crippen molar-refractivity contribution < 1.29 is 23.8 Å². The molecule has 2 unspecified atom stereocenters. The molecule has 1 saturated carbocycles. The quantitative estimate of drug-likeness (QED) is 0.850. The van der Waals surface area contributed by atoms with Gasteiger partial charge < -0.3 is 9.84 Å². The molecule has 1 aliphatic rings. The standard InChI is InChI=1S/C14H15FO4/c1-19-12-5-4-9(7-11(12)15)13(16)8-2-3-10(6-8)14(17)18/h4-5,7-8,10H,2-3,6H2,1H3,(H,17,18). The molecule has 1 fully saturated rings. The molecular formula is C14H15FO4. The number of carboxylic acid groups (broad SMARTS) is 1. The van der Waals surface area contributed by atoms with Gasteiger partial charge in [-0.05, 0) is 37.5 Å². The molecule has 1 aromatic carbocycles. The molecule has 102 valence electrons. The lowest BCUT2D eigenvalue weighted by Gasteiger charge is -2.09. The summed E-state index contributed by atoms with van der Waals surface area (Å²) in [4.78, 5) is 23.0. The smallest absolute Gasteiger partial charge is 0.306 e. The normalized spacial score (nSPS) is 22.2. The van der Waals surface area contributed by atoms with E-state index in [9.17, 15) is 14.0 Å². The van der Waals surface area contributed by atoms with E-state index in [0.29, 0.717) is 19.3 Å². The predicted molar refractivity (Wildman–Crippen MR) is 65.7 cm³/mol. The SMILES string of the molecule is COc1ccc(C(=O)C2CCC(C(=O)O)C2)cc1F. The van der Waals surface area contributed by atoms with E-state index in [1.807, 2.05) is 0 Å². The average Bonchev–Trinajstić information content (AvgIpc) is 2.87. The first-order valence-corrected chi connectivity index (χ1v) is 6.13. The van der Waals surface area contributed by atoms with Crippen molar-refractivity contribution in [1.82, 2.24) is 0 Å². The van der Waals surface area contributed by atoms with Gasteiger partial charge in [-0.25, -0.2) is 4.39 Å². The van der Waals surface area contributed by atoms with Crippen LogP contribution in [-0.2, 0) is 4.79 Å². The van der Waals surface area contributed by atoms with Gasteiger partial charge in [0.1, 0.15) is 0 Å².